The van der Waals surface area contributed by atoms with Crippen molar-refractivity contribution >= 4 is 39.9 Å². The Bertz CT molecular complexity index is 1240. The Morgan fingerprint density at radius 3 is 2.37 bits per heavy atom. The van der Waals surface area contributed by atoms with Gasteiger partial charge in [0, 0.05) is 0 Å². The van der Waals surface area contributed by atoms with Crippen molar-refractivity contribution in [1.82, 2.24) is 10.2 Å². The summed E-state index contributed by atoms with van der Waals surface area (Å²) < 4.78 is 23.4. The molecule has 1 aliphatic rings. The Morgan fingerprint density at radius 2 is 1.68 bits per heavy atom. The van der Waals surface area contributed by atoms with Crippen molar-refractivity contribution in [2.45, 2.75) is 33.7 Å². The van der Waals surface area contributed by atoms with E-state index in [4.69, 9.17) is 18.9 Å². The topological polar surface area (TPSA) is 103 Å². The highest BCUT2D eigenvalue weighted by atomic mass is 79.9. The molecular weight excluding hydrogens is 556 g/mol. The molecule has 9 nitrogen and oxygen atoms in total. The Balaban J connectivity index is 1.91. The van der Waals surface area contributed by atoms with Gasteiger partial charge in [-0.05, 0) is 77.7 Å². The number of halogens is 1. The van der Waals surface area contributed by atoms with Gasteiger partial charge in [0.15, 0.2) is 23.0 Å². The van der Waals surface area contributed by atoms with E-state index in [0.29, 0.717) is 58.4 Å². The van der Waals surface area contributed by atoms with E-state index in [1.165, 1.54) is 6.08 Å². The molecule has 0 bridgehead atoms. The monoisotopic (exact) mass is 586 g/mol. The van der Waals surface area contributed by atoms with E-state index in [2.05, 4.69) is 27.8 Å². The largest absolute Gasteiger partial charge is 0.490 e. The number of urea groups is 1. The van der Waals surface area contributed by atoms with Crippen molar-refractivity contribution in [2.24, 2.45) is 0 Å². The molecule has 0 aromatic heterocycles. The Kier molecular flexibility index (Phi) is 10.3. The molecule has 1 aliphatic heterocycles. The second-order valence-corrected chi connectivity index (χ2v) is 8.99. The average Bonchev–Trinajstić information content (AvgIpc) is 2.88. The first-order valence-corrected chi connectivity index (χ1v) is 13.1. The van der Waals surface area contributed by atoms with Gasteiger partial charge in [-0.25, -0.2) is 4.79 Å². The molecule has 2 aromatic rings. The molecule has 1 fully saturated rings. The Labute approximate surface area is 230 Å². The summed E-state index contributed by atoms with van der Waals surface area (Å²) in [6, 6.07) is 7.77. The van der Waals surface area contributed by atoms with Gasteiger partial charge in [0.05, 0.1) is 30.8 Å². The maximum Gasteiger partial charge on any atom is 0.331 e. The summed E-state index contributed by atoms with van der Waals surface area (Å²) >= 11 is 3.46. The molecule has 0 spiro atoms. The van der Waals surface area contributed by atoms with Crippen molar-refractivity contribution in [3.05, 3.63) is 64.2 Å². The molecule has 0 unspecified atom stereocenters. The van der Waals surface area contributed by atoms with Crippen LogP contribution in [0.5, 0.6) is 23.0 Å². The fourth-order valence-corrected chi connectivity index (χ4v) is 4.23. The van der Waals surface area contributed by atoms with Crippen LogP contribution in [0.4, 0.5) is 4.79 Å². The third-order valence-corrected chi connectivity index (χ3v) is 5.87. The molecule has 2 aromatic carbocycles. The number of carbonyl (C=O) groups is 3. The summed E-state index contributed by atoms with van der Waals surface area (Å²) in [5.74, 6) is 0.503. The van der Waals surface area contributed by atoms with Crippen LogP contribution < -0.4 is 24.3 Å². The molecule has 4 amide bonds. The van der Waals surface area contributed by atoms with Gasteiger partial charge in [-0.15, -0.1) is 0 Å². The van der Waals surface area contributed by atoms with Gasteiger partial charge < -0.3 is 18.9 Å². The van der Waals surface area contributed by atoms with Gasteiger partial charge in [-0.1, -0.05) is 25.6 Å². The zero-order chi connectivity index (χ0) is 27.7. The number of amides is 4. The number of ether oxygens (including phenoxy) is 4. The van der Waals surface area contributed by atoms with E-state index in [1.807, 2.05) is 20.8 Å². The van der Waals surface area contributed by atoms with E-state index < -0.39 is 17.8 Å². The minimum absolute atomic E-state index is 0.0638. The maximum atomic E-state index is 13.3. The lowest BCUT2D eigenvalue weighted by Crippen LogP contribution is -2.53. The number of carbonyl (C=O) groups excluding carboxylic acids is 3. The summed E-state index contributed by atoms with van der Waals surface area (Å²) in [6.45, 7) is 10.9. The van der Waals surface area contributed by atoms with Crippen LogP contribution in [0, 0.1) is 0 Å². The average molecular weight is 587 g/mol. The van der Waals surface area contributed by atoms with Crippen LogP contribution in [-0.4, -0.2) is 49.2 Å². The second kappa shape index (κ2) is 13.7. The number of rotatable bonds is 13. The lowest BCUT2D eigenvalue weighted by molar-refractivity contribution is -0.130. The number of hydrogen-bond acceptors (Lipinski definition) is 7. The van der Waals surface area contributed by atoms with E-state index in [-0.39, 0.29) is 18.7 Å². The summed E-state index contributed by atoms with van der Waals surface area (Å²) in [7, 11) is 0. The van der Waals surface area contributed by atoms with Crippen molar-refractivity contribution in [3.8, 4) is 23.0 Å². The van der Waals surface area contributed by atoms with E-state index in [1.54, 1.807) is 36.4 Å². The van der Waals surface area contributed by atoms with Gasteiger partial charge in [0.1, 0.15) is 12.2 Å². The van der Waals surface area contributed by atoms with Gasteiger partial charge in [0.2, 0.25) is 0 Å². The first-order chi connectivity index (χ1) is 18.3. The van der Waals surface area contributed by atoms with E-state index >= 15 is 0 Å². The Hall–Kier alpha value is -3.79. The fourth-order valence-electron chi connectivity index (χ4n) is 3.65. The minimum Gasteiger partial charge on any atom is -0.490 e. The number of hydrogen-bond donors (Lipinski definition) is 1. The number of benzene rings is 2. The van der Waals surface area contributed by atoms with Crippen LogP contribution in [0.2, 0.25) is 0 Å². The van der Waals surface area contributed by atoms with Gasteiger partial charge in [0.25, 0.3) is 11.8 Å². The molecule has 10 heteroatoms. The van der Waals surface area contributed by atoms with Gasteiger partial charge >= 0.3 is 6.03 Å². The first kappa shape index (κ1) is 28.8. The van der Waals surface area contributed by atoms with Crippen LogP contribution in [0.25, 0.3) is 6.08 Å². The smallest absolute Gasteiger partial charge is 0.331 e. The van der Waals surface area contributed by atoms with Crippen molar-refractivity contribution in [2.75, 3.05) is 26.4 Å². The van der Waals surface area contributed by atoms with Crippen molar-refractivity contribution in [1.29, 1.82) is 0 Å². The molecule has 1 heterocycles. The lowest BCUT2D eigenvalue weighted by atomic mass is 10.1. The molecule has 3 rings (SSSR count). The maximum absolute atomic E-state index is 13.3. The number of imide groups is 2. The molecule has 1 N–H and O–H groups in total. The fraction of sp³-hybridized carbons (Fsp3) is 0.321. The molecule has 0 aliphatic carbocycles. The summed E-state index contributed by atoms with van der Waals surface area (Å²) in [4.78, 5) is 39.6. The molecule has 202 valence electrons. The molecular formula is C28H31BrN2O7. The predicted octanol–water partition coefficient (Wildman–Crippen LogP) is 5.26. The van der Waals surface area contributed by atoms with Crippen LogP contribution in [0.1, 0.15) is 38.3 Å². The Morgan fingerprint density at radius 1 is 0.947 bits per heavy atom. The third-order valence-electron chi connectivity index (χ3n) is 5.28. The van der Waals surface area contributed by atoms with Crippen LogP contribution in [0.15, 0.2) is 53.0 Å². The SMILES string of the molecule is C=CCOc1c(Br)cc(/C=C2\C(=O)NC(=O)N(Cc3ccc(OCCC)c(OCC)c3)C2=O)cc1OCC. The quantitative estimate of drug-likeness (QED) is 0.194. The molecule has 38 heavy (non-hydrogen) atoms. The number of nitrogens with one attached hydrogen (secondary N) is 1. The second-order valence-electron chi connectivity index (χ2n) is 8.13. The molecule has 1 saturated heterocycles. The zero-order valence-electron chi connectivity index (χ0n) is 21.7. The normalized spacial score (nSPS) is 14.4. The van der Waals surface area contributed by atoms with Gasteiger partial charge in [-0.2, -0.15) is 0 Å². The lowest BCUT2D eigenvalue weighted by Gasteiger charge is -2.26. The predicted molar refractivity (Wildman–Crippen MR) is 146 cm³/mol. The molecule has 0 radical (unpaired) electrons. The highest BCUT2D eigenvalue weighted by molar-refractivity contribution is 9.10. The highest BCUT2D eigenvalue weighted by Crippen LogP contribution is 2.38. The first-order valence-electron chi connectivity index (χ1n) is 12.3. The zero-order valence-corrected chi connectivity index (χ0v) is 23.3. The third kappa shape index (κ3) is 6.95. The summed E-state index contributed by atoms with van der Waals surface area (Å²) in [5, 5.41) is 2.25. The van der Waals surface area contributed by atoms with E-state index in [0.717, 1.165) is 11.3 Å². The number of barbiturate groups is 1. The van der Waals surface area contributed by atoms with Crippen molar-refractivity contribution < 1.29 is 33.3 Å². The van der Waals surface area contributed by atoms with Crippen LogP contribution >= 0.6 is 15.9 Å². The standard InChI is InChI=1S/C28H31BrN2O7/c1-5-11-37-22-10-9-18(15-23(22)35-7-3)17-31-27(33)20(26(32)30-28(31)34)13-19-14-21(29)25(38-12-6-2)24(16-19)36-8-4/h6,9-10,13-16H,2,5,7-8,11-12,17H2,1,3-4H3,(H,30,32,34)/b20-13+. The van der Waals surface area contributed by atoms with Crippen molar-refractivity contribution in [3.63, 3.8) is 0 Å². The molecule has 0 atom stereocenters. The van der Waals surface area contributed by atoms with Gasteiger partial charge in [-0.3, -0.25) is 19.8 Å². The van der Waals surface area contributed by atoms with E-state index in [9.17, 15) is 14.4 Å². The summed E-state index contributed by atoms with van der Waals surface area (Å²) in [6.07, 6.45) is 3.86. The minimum atomic E-state index is -0.800. The highest BCUT2D eigenvalue weighted by Gasteiger charge is 2.36. The molecule has 0 saturated carbocycles. The summed E-state index contributed by atoms with van der Waals surface area (Å²) in [5.41, 5.74) is 0.960. The number of nitrogens with zero attached hydrogens (tertiary/aromatic N) is 1. The van der Waals surface area contributed by atoms with Crippen LogP contribution in [-0.2, 0) is 16.1 Å². The van der Waals surface area contributed by atoms with Crippen LogP contribution in [0.3, 0.4) is 0 Å².